The molecular weight excluding hydrogens is 286 g/mol. The van der Waals surface area contributed by atoms with Gasteiger partial charge in [0.25, 0.3) is 0 Å². The summed E-state index contributed by atoms with van der Waals surface area (Å²) in [4.78, 5) is 36.5. The van der Waals surface area contributed by atoms with Gasteiger partial charge >= 0.3 is 12.0 Å². The number of nitrogens with zero attached hydrogens (tertiary/aromatic N) is 1. The Hall–Kier alpha value is -2.57. The molecule has 3 amide bonds. The monoisotopic (exact) mass is 305 g/mol. The Morgan fingerprint density at radius 3 is 2.59 bits per heavy atom. The van der Waals surface area contributed by atoms with Crippen LogP contribution in [0.5, 0.6) is 0 Å². The summed E-state index contributed by atoms with van der Waals surface area (Å²) in [6.07, 6.45) is 1.11. The van der Waals surface area contributed by atoms with Crippen LogP contribution in [0.4, 0.5) is 10.5 Å². The number of para-hydroxylation sites is 1. The number of nitrogens with one attached hydrogen (secondary N) is 2. The molecular formula is C15H19N3O4. The fraction of sp³-hybridized carbons (Fsp3) is 0.400. The van der Waals surface area contributed by atoms with Crippen molar-refractivity contribution in [3.8, 4) is 0 Å². The zero-order valence-electron chi connectivity index (χ0n) is 12.3. The molecule has 2 rings (SSSR count). The van der Waals surface area contributed by atoms with Crippen molar-refractivity contribution >= 4 is 23.6 Å². The van der Waals surface area contributed by atoms with E-state index in [1.54, 1.807) is 31.2 Å². The Balaban J connectivity index is 1.91. The predicted molar refractivity (Wildman–Crippen MR) is 80.4 cm³/mol. The second-order valence-electron chi connectivity index (χ2n) is 5.21. The third-order valence-corrected chi connectivity index (χ3v) is 3.57. The van der Waals surface area contributed by atoms with Gasteiger partial charge < -0.3 is 20.6 Å². The highest BCUT2D eigenvalue weighted by Crippen LogP contribution is 2.18. The van der Waals surface area contributed by atoms with Gasteiger partial charge in [-0.05, 0) is 31.9 Å². The SMILES string of the molecule is CC(NC(=O)Nc1ccccc1)C(=O)N1CCC[C@H]1C(=O)O. The van der Waals surface area contributed by atoms with Crippen molar-refractivity contribution in [1.29, 1.82) is 0 Å². The lowest BCUT2D eigenvalue weighted by molar-refractivity contribution is -0.148. The van der Waals surface area contributed by atoms with Gasteiger partial charge in [-0.15, -0.1) is 0 Å². The molecule has 22 heavy (non-hydrogen) atoms. The van der Waals surface area contributed by atoms with E-state index in [2.05, 4.69) is 10.6 Å². The molecule has 1 aromatic carbocycles. The van der Waals surface area contributed by atoms with Crippen LogP contribution in [-0.2, 0) is 9.59 Å². The van der Waals surface area contributed by atoms with E-state index in [1.165, 1.54) is 4.90 Å². The van der Waals surface area contributed by atoms with Gasteiger partial charge in [-0.2, -0.15) is 0 Å². The van der Waals surface area contributed by atoms with Crippen molar-refractivity contribution in [2.75, 3.05) is 11.9 Å². The van der Waals surface area contributed by atoms with Crippen molar-refractivity contribution in [3.63, 3.8) is 0 Å². The smallest absolute Gasteiger partial charge is 0.326 e. The fourth-order valence-electron chi connectivity index (χ4n) is 2.48. The lowest BCUT2D eigenvalue weighted by atomic mass is 10.2. The minimum absolute atomic E-state index is 0.381. The quantitative estimate of drug-likeness (QED) is 0.780. The molecule has 0 spiro atoms. The minimum Gasteiger partial charge on any atom is -0.480 e. The number of aliphatic carboxylic acids is 1. The summed E-state index contributed by atoms with van der Waals surface area (Å²) in [6.45, 7) is 1.95. The van der Waals surface area contributed by atoms with E-state index in [0.29, 0.717) is 25.1 Å². The third kappa shape index (κ3) is 3.75. The molecule has 0 aliphatic carbocycles. The summed E-state index contributed by atoms with van der Waals surface area (Å²) in [6, 6.07) is 6.77. The molecule has 7 nitrogen and oxygen atoms in total. The normalized spacial score (nSPS) is 18.6. The van der Waals surface area contributed by atoms with Crippen molar-refractivity contribution in [2.45, 2.75) is 31.8 Å². The number of carbonyl (C=O) groups excluding carboxylic acids is 2. The van der Waals surface area contributed by atoms with Crippen LogP contribution in [0.1, 0.15) is 19.8 Å². The highest BCUT2D eigenvalue weighted by atomic mass is 16.4. The highest BCUT2D eigenvalue weighted by Gasteiger charge is 2.36. The first-order valence-corrected chi connectivity index (χ1v) is 7.15. The van der Waals surface area contributed by atoms with Gasteiger partial charge in [0, 0.05) is 12.2 Å². The van der Waals surface area contributed by atoms with Crippen molar-refractivity contribution < 1.29 is 19.5 Å². The summed E-state index contributed by atoms with van der Waals surface area (Å²) in [7, 11) is 0. The van der Waals surface area contributed by atoms with Crippen LogP contribution in [0.3, 0.4) is 0 Å². The number of likely N-dealkylation sites (tertiary alicyclic amines) is 1. The Labute approximate surface area is 128 Å². The Kier molecular flexibility index (Phi) is 4.98. The van der Waals surface area contributed by atoms with Gasteiger partial charge in [0.05, 0.1) is 0 Å². The first kappa shape index (κ1) is 15.8. The van der Waals surface area contributed by atoms with Gasteiger partial charge in [0.1, 0.15) is 12.1 Å². The molecule has 1 fully saturated rings. The lowest BCUT2D eigenvalue weighted by Gasteiger charge is -2.25. The van der Waals surface area contributed by atoms with Gasteiger partial charge in [0.15, 0.2) is 0 Å². The Morgan fingerprint density at radius 1 is 1.27 bits per heavy atom. The zero-order valence-corrected chi connectivity index (χ0v) is 12.3. The van der Waals surface area contributed by atoms with E-state index in [-0.39, 0.29) is 5.91 Å². The van der Waals surface area contributed by atoms with E-state index >= 15 is 0 Å². The van der Waals surface area contributed by atoms with Crippen molar-refractivity contribution in [3.05, 3.63) is 30.3 Å². The Bertz CT molecular complexity index is 561. The molecule has 0 bridgehead atoms. The molecule has 0 radical (unpaired) electrons. The van der Waals surface area contributed by atoms with Gasteiger partial charge in [0.2, 0.25) is 5.91 Å². The van der Waals surface area contributed by atoms with Crippen LogP contribution in [0, 0.1) is 0 Å². The number of carbonyl (C=O) groups is 3. The van der Waals surface area contributed by atoms with Crippen LogP contribution >= 0.6 is 0 Å². The Morgan fingerprint density at radius 2 is 1.95 bits per heavy atom. The largest absolute Gasteiger partial charge is 0.480 e. The molecule has 7 heteroatoms. The van der Waals surface area contributed by atoms with Gasteiger partial charge in [-0.3, -0.25) is 4.79 Å². The maximum atomic E-state index is 12.3. The maximum Gasteiger partial charge on any atom is 0.326 e. The number of urea groups is 1. The van der Waals surface area contributed by atoms with Crippen LogP contribution in [0.2, 0.25) is 0 Å². The molecule has 1 saturated heterocycles. The fourth-order valence-corrected chi connectivity index (χ4v) is 2.48. The first-order valence-electron chi connectivity index (χ1n) is 7.15. The molecule has 1 unspecified atom stereocenters. The average Bonchev–Trinajstić information content (AvgIpc) is 2.96. The summed E-state index contributed by atoms with van der Waals surface area (Å²) in [5.74, 6) is -1.39. The molecule has 1 aliphatic rings. The second-order valence-corrected chi connectivity index (χ2v) is 5.21. The zero-order chi connectivity index (χ0) is 16.1. The first-order chi connectivity index (χ1) is 10.5. The summed E-state index contributed by atoms with van der Waals surface area (Å²) >= 11 is 0. The molecule has 118 valence electrons. The van der Waals surface area contributed by atoms with E-state index in [1.807, 2.05) is 6.07 Å². The van der Waals surface area contributed by atoms with E-state index < -0.39 is 24.1 Å². The molecule has 1 heterocycles. The van der Waals surface area contributed by atoms with E-state index in [9.17, 15) is 14.4 Å². The lowest BCUT2D eigenvalue weighted by Crippen LogP contribution is -2.51. The standard InChI is InChI=1S/C15H19N3O4/c1-10(13(19)18-9-5-8-12(18)14(20)21)16-15(22)17-11-6-3-2-4-7-11/h2-4,6-7,10,12H,5,8-9H2,1H3,(H,20,21)(H2,16,17,22)/t10?,12-/m0/s1. The number of rotatable bonds is 4. The van der Waals surface area contributed by atoms with Crippen LogP contribution in [0.15, 0.2) is 30.3 Å². The van der Waals surface area contributed by atoms with Gasteiger partial charge in [-0.25, -0.2) is 9.59 Å². The van der Waals surface area contributed by atoms with E-state index in [0.717, 1.165) is 0 Å². The minimum atomic E-state index is -1.01. The third-order valence-electron chi connectivity index (χ3n) is 3.57. The molecule has 0 saturated carbocycles. The van der Waals surface area contributed by atoms with Gasteiger partial charge in [-0.1, -0.05) is 18.2 Å². The van der Waals surface area contributed by atoms with E-state index in [4.69, 9.17) is 5.11 Å². The molecule has 0 aromatic heterocycles. The van der Waals surface area contributed by atoms with Crippen molar-refractivity contribution in [1.82, 2.24) is 10.2 Å². The number of hydrogen-bond acceptors (Lipinski definition) is 3. The number of hydrogen-bond donors (Lipinski definition) is 3. The molecule has 3 N–H and O–H groups in total. The molecule has 1 aliphatic heterocycles. The molecule has 2 atom stereocenters. The summed E-state index contributed by atoms with van der Waals surface area (Å²) in [5.41, 5.74) is 0.615. The maximum absolute atomic E-state index is 12.3. The number of anilines is 1. The molecule has 1 aromatic rings. The highest BCUT2D eigenvalue weighted by molar-refractivity contribution is 5.94. The second kappa shape index (κ2) is 6.93. The summed E-state index contributed by atoms with van der Waals surface area (Å²) in [5, 5.41) is 14.2. The van der Waals surface area contributed by atoms with Crippen molar-refractivity contribution in [2.24, 2.45) is 0 Å². The van der Waals surface area contributed by atoms with Crippen LogP contribution in [-0.4, -0.2) is 46.5 Å². The number of carboxylic acids is 1. The topological polar surface area (TPSA) is 98.7 Å². The summed E-state index contributed by atoms with van der Waals surface area (Å²) < 4.78 is 0. The predicted octanol–water partition coefficient (Wildman–Crippen LogP) is 1.27. The average molecular weight is 305 g/mol. The van der Waals surface area contributed by atoms with Crippen LogP contribution < -0.4 is 10.6 Å². The number of carboxylic acid groups (broad SMARTS) is 1. The van der Waals surface area contributed by atoms with Crippen LogP contribution in [0.25, 0.3) is 0 Å². The number of amides is 3. The number of benzene rings is 1.